The molecule has 3 nitrogen and oxygen atoms in total. The predicted octanol–water partition coefficient (Wildman–Crippen LogP) is 4.57. The third-order valence-corrected chi connectivity index (χ3v) is 4.64. The molecule has 0 saturated heterocycles. The SMILES string of the molecule is C(=Cc1c[nH]c2ccccc12)c1nc2c(s1)NCCC2.Cl. The van der Waals surface area contributed by atoms with Crippen LogP contribution in [0, 0.1) is 0 Å². The number of H-pyrrole nitrogens is 1. The fourth-order valence-corrected chi connectivity index (χ4v) is 3.54. The molecule has 108 valence electrons. The summed E-state index contributed by atoms with van der Waals surface area (Å²) in [6.07, 6.45) is 8.58. The van der Waals surface area contributed by atoms with Crippen LogP contribution < -0.4 is 5.32 Å². The summed E-state index contributed by atoms with van der Waals surface area (Å²) in [6.45, 7) is 1.07. The highest BCUT2D eigenvalue weighted by molar-refractivity contribution is 7.16. The molecule has 0 saturated carbocycles. The number of hydrogen-bond acceptors (Lipinski definition) is 3. The van der Waals surface area contributed by atoms with Crippen LogP contribution in [0.25, 0.3) is 23.1 Å². The van der Waals surface area contributed by atoms with Crippen molar-refractivity contribution in [2.24, 2.45) is 0 Å². The Morgan fingerprint density at radius 1 is 1.19 bits per heavy atom. The molecule has 0 amide bonds. The van der Waals surface area contributed by atoms with Crippen LogP contribution in [0.5, 0.6) is 0 Å². The van der Waals surface area contributed by atoms with Crippen LogP contribution in [0.15, 0.2) is 30.5 Å². The molecular formula is C16H16ClN3S. The van der Waals surface area contributed by atoms with E-state index in [4.69, 9.17) is 0 Å². The van der Waals surface area contributed by atoms with Crippen LogP contribution in [0.1, 0.15) is 22.7 Å². The van der Waals surface area contributed by atoms with Gasteiger partial charge in [0.05, 0.1) is 5.69 Å². The van der Waals surface area contributed by atoms with Gasteiger partial charge >= 0.3 is 0 Å². The minimum absolute atomic E-state index is 0. The number of anilines is 1. The van der Waals surface area contributed by atoms with Crippen molar-refractivity contribution in [2.45, 2.75) is 12.8 Å². The van der Waals surface area contributed by atoms with Gasteiger partial charge in [-0.2, -0.15) is 0 Å². The Morgan fingerprint density at radius 2 is 2.10 bits per heavy atom. The van der Waals surface area contributed by atoms with Crippen molar-refractivity contribution in [3.63, 3.8) is 0 Å². The summed E-state index contributed by atoms with van der Waals surface area (Å²) in [5.74, 6) is 0. The van der Waals surface area contributed by atoms with Gasteiger partial charge in [0.15, 0.2) is 0 Å². The first-order valence-corrected chi connectivity index (χ1v) is 7.69. The second-order valence-electron chi connectivity index (χ2n) is 4.98. The molecule has 3 heterocycles. The maximum absolute atomic E-state index is 4.69. The van der Waals surface area contributed by atoms with Crippen molar-refractivity contribution in [1.82, 2.24) is 9.97 Å². The van der Waals surface area contributed by atoms with E-state index in [9.17, 15) is 0 Å². The number of aryl methyl sites for hydroxylation is 1. The normalized spacial score (nSPS) is 13.9. The van der Waals surface area contributed by atoms with Crippen molar-refractivity contribution in [1.29, 1.82) is 0 Å². The minimum Gasteiger partial charge on any atom is -0.375 e. The third-order valence-electron chi connectivity index (χ3n) is 3.62. The number of hydrogen-bond donors (Lipinski definition) is 2. The highest BCUT2D eigenvalue weighted by Gasteiger charge is 2.13. The number of para-hydroxylation sites is 1. The monoisotopic (exact) mass is 317 g/mol. The summed E-state index contributed by atoms with van der Waals surface area (Å²) in [7, 11) is 0. The molecule has 5 heteroatoms. The molecule has 0 spiro atoms. The molecule has 3 aromatic rings. The zero-order valence-corrected chi connectivity index (χ0v) is 13.1. The lowest BCUT2D eigenvalue weighted by atomic mass is 10.1. The van der Waals surface area contributed by atoms with Crippen LogP contribution in [0.2, 0.25) is 0 Å². The number of rotatable bonds is 2. The lowest BCUT2D eigenvalue weighted by Gasteiger charge is -2.10. The second kappa shape index (κ2) is 5.92. The smallest absolute Gasteiger partial charge is 0.118 e. The summed E-state index contributed by atoms with van der Waals surface area (Å²) in [5, 5.41) is 7.00. The molecule has 0 fully saturated rings. The van der Waals surface area contributed by atoms with E-state index in [-0.39, 0.29) is 12.4 Å². The lowest BCUT2D eigenvalue weighted by Crippen LogP contribution is -2.09. The fraction of sp³-hybridized carbons (Fsp3) is 0.188. The Hall–Kier alpha value is -1.78. The standard InChI is InChI=1S/C16H15N3S.ClH/c1-2-5-13-12(4-1)11(10-18-13)7-8-15-19-14-6-3-9-17-16(14)20-15;/h1-2,4-5,7-8,10,17-18H,3,6,9H2;1H. The van der Waals surface area contributed by atoms with Gasteiger partial charge in [0.1, 0.15) is 10.0 Å². The highest BCUT2D eigenvalue weighted by Crippen LogP contribution is 2.30. The number of benzene rings is 1. The number of nitrogens with zero attached hydrogens (tertiary/aromatic N) is 1. The summed E-state index contributed by atoms with van der Waals surface area (Å²) in [4.78, 5) is 7.98. The molecule has 0 aliphatic carbocycles. The quantitative estimate of drug-likeness (QED) is 0.726. The van der Waals surface area contributed by atoms with Crippen LogP contribution in [-0.2, 0) is 6.42 Å². The Morgan fingerprint density at radius 3 is 3.00 bits per heavy atom. The van der Waals surface area contributed by atoms with E-state index in [1.54, 1.807) is 11.3 Å². The lowest BCUT2D eigenvalue weighted by molar-refractivity contribution is 0.813. The second-order valence-corrected chi connectivity index (χ2v) is 6.01. The first kappa shape index (κ1) is 14.2. The van der Waals surface area contributed by atoms with Gasteiger partial charge in [-0.25, -0.2) is 4.98 Å². The van der Waals surface area contributed by atoms with E-state index in [0.29, 0.717) is 0 Å². The van der Waals surface area contributed by atoms with E-state index < -0.39 is 0 Å². The van der Waals surface area contributed by atoms with Crippen LogP contribution >= 0.6 is 23.7 Å². The highest BCUT2D eigenvalue weighted by atomic mass is 35.5. The summed E-state index contributed by atoms with van der Waals surface area (Å²) >= 11 is 1.74. The zero-order valence-electron chi connectivity index (χ0n) is 11.4. The Balaban J connectivity index is 0.00000132. The Kier molecular flexibility index (Phi) is 3.99. The topological polar surface area (TPSA) is 40.7 Å². The van der Waals surface area contributed by atoms with Gasteiger partial charge in [0, 0.05) is 23.6 Å². The maximum atomic E-state index is 4.69. The Labute approximate surface area is 133 Å². The van der Waals surface area contributed by atoms with Crippen molar-refractivity contribution in [3.8, 4) is 0 Å². The molecule has 2 N–H and O–H groups in total. The van der Waals surface area contributed by atoms with Crippen LogP contribution in [-0.4, -0.2) is 16.5 Å². The van der Waals surface area contributed by atoms with Gasteiger partial charge in [0.25, 0.3) is 0 Å². The van der Waals surface area contributed by atoms with Crippen molar-refractivity contribution < 1.29 is 0 Å². The summed E-state index contributed by atoms with van der Waals surface area (Å²) < 4.78 is 0. The number of thiazole rings is 1. The van der Waals surface area contributed by atoms with Crippen LogP contribution in [0.3, 0.4) is 0 Å². The van der Waals surface area contributed by atoms with Gasteiger partial charge in [-0.3, -0.25) is 0 Å². The number of aromatic amines is 1. The average molecular weight is 318 g/mol. The predicted molar refractivity (Wildman–Crippen MR) is 93.4 cm³/mol. The summed E-state index contributed by atoms with van der Waals surface area (Å²) in [5.41, 5.74) is 3.61. The van der Waals surface area contributed by atoms with Gasteiger partial charge in [-0.05, 0) is 36.6 Å². The van der Waals surface area contributed by atoms with Gasteiger partial charge < -0.3 is 10.3 Å². The molecule has 1 aliphatic heterocycles. The van der Waals surface area contributed by atoms with E-state index in [1.807, 2.05) is 12.3 Å². The fourth-order valence-electron chi connectivity index (χ4n) is 2.60. The van der Waals surface area contributed by atoms with E-state index >= 15 is 0 Å². The molecule has 4 rings (SSSR count). The largest absolute Gasteiger partial charge is 0.375 e. The van der Waals surface area contributed by atoms with Crippen LogP contribution in [0.4, 0.5) is 5.00 Å². The number of nitrogens with one attached hydrogen (secondary N) is 2. The van der Waals surface area contributed by atoms with E-state index in [1.165, 1.54) is 33.6 Å². The first-order chi connectivity index (χ1) is 9.90. The Bertz CT molecular complexity index is 764. The van der Waals surface area contributed by atoms with Gasteiger partial charge in [0.2, 0.25) is 0 Å². The van der Waals surface area contributed by atoms with Crippen molar-refractivity contribution >= 4 is 51.8 Å². The van der Waals surface area contributed by atoms with Gasteiger partial charge in [-0.15, -0.1) is 12.4 Å². The molecule has 0 unspecified atom stereocenters. The molecule has 0 atom stereocenters. The maximum Gasteiger partial charge on any atom is 0.118 e. The van der Waals surface area contributed by atoms with Crippen molar-refractivity contribution in [2.75, 3.05) is 11.9 Å². The average Bonchev–Trinajstić information content (AvgIpc) is 3.08. The molecule has 1 aromatic carbocycles. The van der Waals surface area contributed by atoms with Gasteiger partial charge in [-0.1, -0.05) is 29.5 Å². The number of fused-ring (bicyclic) bond motifs is 2. The molecule has 2 aromatic heterocycles. The number of aromatic nitrogens is 2. The molecule has 0 bridgehead atoms. The first-order valence-electron chi connectivity index (χ1n) is 6.88. The van der Waals surface area contributed by atoms with E-state index in [0.717, 1.165) is 18.0 Å². The molecular weight excluding hydrogens is 302 g/mol. The number of halogens is 1. The molecule has 0 radical (unpaired) electrons. The summed E-state index contributed by atoms with van der Waals surface area (Å²) in [6, 6.07) is 8.35. The minimum atomic E-state index is 0. The molecule has 1 aliphatic rings. The molecule has 21 heavy (non-hydrogen) atoms. The third kappa shape index (κ3) is 2.69. The zero-order chi connectivity index (χ0) is 13.4. The van der Waals surface area contributed by atoms with Crippen molar-refractivity contribution in [3.05, 3.63) is 46.7 Å². The van der Waals surface area contributed by atoms with E-state index in [2.05, 4.69) is 45.6 Å².